The van der Waals surface area contributed by atoms with Crippen molar-refractivity contribution in [1.29, 1.82) is 0 Å². The van der Waals surface area contributed by atoms with Gasteiger partial charge in [0.2, 0.25) is 0 Å². The lowest BCUT2D eigenvalue weighted by Gasteiger charge is -2.26. The van der Waals surface area contributed by atoms with Crippen molar-refractivity contribution >= 4 is 22.7 Å². The third-order valence-electron chi connectivity index (χ3n) is 9.66. The van der Waals surface area contributed by atoms with E-state index in [2.05, 4.69) is 189 Å². The molecule has 0 aliphatic heterocycles. The van der Waals surface area contributed by atoms with E-state index in [4.69, 9.17) is 5.73 Å². The molecule has 7 aromatic rings. The molecule has 1 aliphatic rings. The number of hydrogen-bond donors (Lipinski definition) is 1. The van der Waals surface area contributed by atoms with Crippen molar-refractivity contribution in [3.8, 4) is 44.5 Å². The topological polar surface area (TPSA) is 29.3 Å². The first kappa shape index (κ1) is 28.6. The standard InChI is InChI=1S/C45H36N2/c1-45(2)42-16-10-9-15-39(42)41-29-40(44(46)30-43(41)45)35-21-27-38(28-22-35)47(36-23-17-33(18-24-36)31-11-5-3-6-12-31)37-25-19-34(20-26-37)32-13-7-4-8-14-32/h3-30H,46H2,1-2H3. The van der Waals surface area contributed by atoms with Gasteiger partial charge in [-0.2, -0.15) is 0 Å². The molecule has 0 amide bonds. The summed E-state index contributed by atoms with van der Waals surface area (Å²) >= 11 is 0. The summed E-state index contributed by atoms with van der Waals surface area (Å²) in [5.74, 6) is 0. The predicted octanol–water partition coefficient (Wildman–Crippen LogP) is 12.0. The molecule has 0 aromatic heterocycles. The highest BCUT2D eigenvalue weighted by Crippen LogP contribution is 2.51. The molecule has 0 saturated heterocycles. The molecule has 0 heterocycles. The van der Waals surface area contributed by atoms with Crippen LogP contribution >= 0.6 is 0 Å². The van der Waals surface area contributed by atoms with Crippen molar-refractivity contribution < 1.29 is 0 Å². The summed E-state index contributed by atoms with van der Waals surface area (Å²) in [5, 5.41) is 0. The highest BCUT2D eigenvalue weighted by atomic mass is 15.1. The van der Waals surface area contributed by atoms with E-state index in [0.29, 0.717) is 0 Å². The normalized spacial score (nSPS) is 12.7. The first-order valence-corrected chi connectivity index (χ1v) is 16.2. The van der Waals surface area contributed by atoms with Gasteiger partial charge in [0.05, 0.1) is 0 Å². The van der Waals surface area contributed by atoms with Gasteiger partial charge in [-0.1, -0.05) is 135 Å². The summed E-state index contributed by atoms with van der Waals surface area (Å²) in [6.07, 6.45) is 0. The summed E-state index contributed by atoms with van der Waals surface area (Å²) in [4.78, 5) is 2.32. The number of anilines is 4. The second-order valence-electron chi connectivity index (χ2n) is 12.9. The van der Waals surface area contributed by atoms with Crippen molar-refractivity contribution in [2.24, 2.45) is 0 Å². The molecule has 1 aliphatic carbocycles. The Kier molecular flexibility index (Phi) is 7.00. The van der Waals surface area contributed by atoms with Crippen LogP contribution in [0, 0.1) is 0 Å². The Morgan fingerprint density at radius 3 is 1.32 bits per heavy atom. The number of nitrogens with zero attached hydrogens (tertiary/aromatic N) is 1. The zero-order valence-electron chi connectivity index (χ0n) is 26.7. The van der Waals surface area contributed by atoms with Crippen molar-refractivity contribution in [3.05, 3.63) is 181 Å². The van der Waals surface area contributed by atoms with Crippen LogP contribution in [0.2, 0.25) is 0 Å². The fourth-order valence-electron chi connectivity index (χ4n) is 7.12. The van der Waals surface area contributed by atoms with Gasteiger partial charge in [-0.25, -0.2) is 0 Å². The zero-order valence-corrected chi connectivity index (χ0v) is 26.7. The second-order valence-corrected chi connectivity index (χ2v) is 12.9. The van der Waals surface area contributed by atoms with Crippen LogP contribution in [0.15, 0.2) is 170 Å². The highest BCUT2D eigenvalue weighted by Gasteiger charge is 2.35. The molecular formula is C45H36N2. The molecule has 0 atom stereocenters. The number of fused-ring (bicyclic) bond motifs is 3. The van der Waals surface area contributed by atoms with Crippen LogP contribution in [0.25, 0.3) is 44.5 Å². The lowest BCUT2D eigenvalue weighted by molar-refractivity contribution is 0.661. The van der Waals surface area contributed by atoms with Crippen molar-refractivity contribution in [2.45, 2.75) is 19.3 Å². The minimum Gasteiger partial charge on any atom is -0.398 e. The van der Waals surface area contributed by atoms with Gasteiger partial charge in [-0.05, 0) is 98.6 Å². The fraction of sp³-hybridized carbons (Fsp3) is 0.0667. The van der Waals surface area contributed by atoms with Gasteiger partial charge in [0.1, 0.15) is 0 Å². The SMILES string of the molecule is CC1(C)c2ccccc2-c2cc(-c3ccc(N(c4ccc(-c5ccccc5)cc4)c4ccc(-c5ccccc5)cc4)cc3)c(N)cc21. The number of benzene rings is 7. The number of nitrogen functional groups attached to an aromatic ring is 1. The molecule has 0 unspecified atom stereocenters. The van der Waals surface area contributed by atoms with E-state index in [1.54, 1.807) is 0 Å². The molecule has 226 valence electrons. The van der Waals surface area contributed by atoms with Crippen LogP contribution in [-0.4, -0.2) is 0 Å². The molecule has 0 bridgehead atoms. The Morgan fingerprint density at radius 1 is 0.383 bits per heavy atom. The van der Waals surface area contributed by atoms with Crippen molar-refractivity contribution in [2.75, 3.05) is 10.6 Å². The van der Waals surface area contributed by atoms with Crippen LogP contribution in [0.5, 0.6) is 0 Å². The average molecular weight is 605 g/mol. The van der Waals surface area contributed by atoms with Gasteiger partial charge < -0.3 is 10.6 Å². The third-order valence-corrected chi connectivity index (χ3v) is 9.66. The Balaban J connectivity index is 1.18. The van der Waals surface area contributed by atoms with Gasteiger partial charge in [-0.15, -0.1) is 0 Å². The van der Waals surface area contributed by atoms with E-state index in [9.17, 15) is 0 Å². The van der Waals surface area contributed by atoms with E-state index >= 15 is 0 Å². The molecule has 8 rings (SSSR count). The van der Waals surface area contributed by atoms with Crippen LogP contribution in [0.3, 0.4) is 0 Å². The Labute approximate surface area is 277 Å². The van der Waals surface area contributed by atoms with Crippen LogP contribution in [-0.2, 0) is 5.41 Å². The lowest BCUT2D eigenvalue weighted by atomic mass is 9.82. The van der Waals surface area contributed by atoms with E-state index < -0.39 is 0 Å². The Bertz CT molecular complexity index is 2100. The summed E-state index contributed by atoms with van der Waals surface area (Å²) < 4.78 is 0. The monoisotopic (exact) mass is 604 g/mol. The van der Waals surface area contributed by atoms with Crippen LogP contribution < -0.4 is 10.6 Å². The molecule has 0 saturated carbocycles. The molecule has 0 radical (unpaired) electrons. The minimum absolute atomic E-state index is 0.0744. The number of nitrogens with two attached hydrogens (primary N) is 1. The quantitative estimate of drug-likeness (QED) is 0.191. The molecule has 0 fully saturated rings. The van der Waals surface area contributed by atoms with E-state index in [1.807, 2.05) is 0 Å². The summed E-state index contributed by atoms with van der Waals surface area (Å²) in [5.41, 5.74) is 23.0. The van der Waals surface area contributed by atoms with Gasteiger partial charge in [0.15, 0.2) is 0 Å². The van der Waals surface area contributed by atoms with Gasteiger partial charge in [0.25, 0.3) is 0 Å². The van der Waals surface area contributed by atoms with Gasteiger partial charge in [0, 0.05) is 33.7 Å². The maximum absolute atomic E-state index is 6.78. The van der Waals surface area contributed by atoms with E-state index in [0.717, 1.165) is 33.9 Å². The largest absolute Gasteiger partial charge is 0.398 e. The number of hydrogen-bond acceptors (Lipinski definition) is 2. The Hall–Kier alpha value is -5.86. The van der Waals surface area contributed by atoms with E-state index in [1.165, 1.54) is 44.5 Å². The molecular weight excluding hydrogens is 569 g/mol. The maximum atomic E-state index is 6.78. The predicted molar refractivity (Wildman–Crippen MR) is 199 cm³/mol. The van der Waals surface area contributed by atoms with E-state index in [-0.39, 0.29) is 5.41 Å². The van der Waals surface area contributed by atoms with Gasteiger partial charge >= 0.3 is 0 Å². The smallest absolute Gasteiger partial charge is 0.0462 e. The minimum atomic E-state index is -0.0744. The fourth-order valence-corrected chi connectivity index (χ4v) is 7.12. The molecule has 2 heteroatoms. The highest BCUT2D eigenvalue weighted by molar-refractivity contribution is 5.90. The molecule has 2 N–H and O–H groups in total. The van der Waals surface area contributed by atoms with Crippen LogP contribution in [0.4, 0.5) is 22.7 Å². The molecule has 0 spiro atoms. The van der Waals surface area contributed by atoms with Crippen molar-refractivity contribution in [1.82, 2.24) is 0 Å². The van der Waals surface area contributed by atoms with Crippen LogP contribution in [0.1, 0.15) is 25.0 Å². The molecule has 47 heavy (non-hydrogen) atoms. The number of rotatable bonds is 6. The maximum Gasteiger partial charge on any atom is 0.0462 e. The molecule has 2 nitrogen and oxygen atoms in total. The third kappa shape index (κ3) is 5.09. The van der Waals surface area contributed by atoms with Gasteiger partial charge in [-0.3, -0.25) is 0 Å². The average Bonchev–Trinajstić information content (AvgIpc) is 3.35. The zero-order chi connectivity index (χ0) is 32.0. The summed E-state index contributed by atoms with van der Waals surface area (Å²) in [6, 6.07) is 60.7. The second kappa shape index (κ2) is 11.5. The summed E-state index contributed by atoms with van der Waals surface area (Å²) in [6.45, 7) is 4.58. The first-order valence-electron chi connectivity index (χ1n) is 16.2. The van der Waals surface area contributed by atoms with Crippen molar-refractivity contribution in [3.63, 3.8) is 0 Å². The molecule has 7 aromatic carbocycles. The lowest BCUT2D eigenvalue weighted by Crippen LogP contribution is -2.15. The summed E-state index contributed by atoms with van der Waals surface area (Å²) in [7, 11) is 0. The Morgan fingerprint density at radius 2 is 0.809 bits per heavy atom. The first-order chi connectivity index (χ1) is 23.0.